The fraction of sp³-hybridized carbons (Fsp3) is 0.562. The Labute approximate surface area is 131 Å². The largest absolute Gasteiger partial charge is 0.409 e. The maximum Gasteiger partial charge on any atom is 0.170 e. The van der Waals surface area contributed by atoms with E-state index in [1.54, 1.807) is 6.07 Å². The number of benzene rings is 1. The number of halogens is 1. The van der Waals surface area contributed by atoms with Gasteiger partial charge >= 0.3 is 0 Å². The fourth-order valence-electron chi connectivity index (χ4n) is 3.02. The molecule has 1 aliphatic carbocycles. The van der Waals surface area contributed by atoms with Gasteiger partial charge in [0.1, 0.15) is 0 Å². The Kier molecular flexibility index (Phi) is 5.48. The number of rotatable bonds is 4. The van der Waals surface area contributed by atoms with Crippen LogP contribution in [0.3, 0.4) is 0 Å². The Morgan fingerprint density at radius 3 is 2.86 bits per heavy atom. The second-order valence-electron chi connectivity index (χ2n) is 6.05. The number of hydrogen-bond acceptors (Lipinski definition) is 3. The van der Waals surface area contributed by atoms with Crippen molar-refractivity contribution < 1.29 is 5.21 Å². The van der Waals surface area contributed by atoms with Gasteiger partial charge < -0.3 is 16.3 Å². The molecule has 1 aromatic rings. The fourth-order valence-corrected chi connectivity index (χ4v) is 3.27. The van der Waals surface area contributed by atoms with Crippen molar-refractivity contribution in [1.82, 2.24) is 5.32 Å². The van der Waals surface area contributed by atoms with Crippen LogP contribution in [-0.2, 0) is 6.54 Å². The van der Waals surface area contributed by atoms with Gasteiger partial charge in [0.05, 0.1) is 0 Å². The zero-order valence-corrected chi connectivity index (χ0v) is 13.4. The van der Waals surface area contributed by atoms with Crippen LogP contribution in [0.4, 0.5) is 0 Å². The normalized spacial score (nSPS) is 26.8. The first-order valence-electron chi connectivity index (χ1n) is 7.52. The summed E-state index contributed by atoms with van der Waals surface area (Å²) in [4.78, 5) is 0. The molecule has 1 saturated carbocycles. The van der Waals surface area contributed by atoms with E-state index in [-0.39, 0.29) is 5.84 Å². The highest BCUT2D eigenvalue weighted by molar-refractivity contribution is 6.31. The van der Waals surface area contributed by atoms with Crippen LogP contribution in [0, 0.1) is 11.8 Å². The van der Waals surface area contributed by atoms with E-state index >= 15 is 0 Å². The molecule has 0 saturated heterocycles. The minimum Gasteiger partial charge on any atom is -0.409 e. The number of hydrogen-bond donors (Lipinski definition) is 3. The molecule has 3 atom stereocenters. The summed E-state index contributed by atoms with van der Waals surface area (Å²) < 4.78 is 0. The molecule has 2 rings (SSSR count). The molecule has 0 spiro atoms. The summed E-state index contributed by atoms with van der Waals surface area (Å²) in [6.07, 6.45) is 3.85. The van der Waals surface area contributed by atoms with Crippen LogP contribution >= 0.6 is 11.6 Å². The van der Waals surface area contributed by atoms with Crippen LogP contribution in [0.15, 0.2) is 23.4 Å². The van der Waals surface area contributed by atoms with E-state index < -0.39 is 0 Å². The number of nitrogens with one attached hydrogen (secondary N) is 1. The van der Waals surface area contributed by atoms with Crippen LogP contribution in [0.25, 0.3) is 0 Å². The highest BCUT2D eigenvalue weighted by Crippen LogP contribution is 2.30. The predicted octanol–water partition coefficient (Wildman–Crippen LogP) is 3.35. The van der Waals surface area contributed by atoms with E-state index in [4.69, 9.17) is 22.5 Å². The molecule has 21 heavy (non-hydrogen) atoms. The molecule has 3 unspecified atom stereocenters. The lowest BCUT2D eigenvalue weighted by atomic mass is 9.78. The second-order valence-corrected chi connectivity index (χ2v) is 6.45. The van der Waals surface area contributed by atoms with Gasteiger partial charge in [0.2, 0.25) is 0 Å². The third-order valence-corrected chi connectivity index (χ3v) is 5.07. The summed E-state index contributed by atoms with van der Waals surface area (Å²) in [5, 5.41) is 15.9. The molecule has 0 radical (unpaired) electrons. The molecule has 0 amide bonds. The lowest BCUT2D eigenvalue weighted by Crippen LogP contribution is -2.40. The van der Waals surface area contributed by atoms with Gasteiger partial charge in [0.15, 0.2) is 5.84 Å². The standard InChI is InChI=1S/C16H24ClN3O/c1-10-4-3-5-15(11(10)2)19-9-13-7-6-12(8-14(13)17)16(18)20-21/h6-8,10-11,15,19,21H,3-5,9H2,1-2H3,(H2,18,20). The first-order chi connectivity index (χ1) is 10.0. The maximum absolute atomic E-state index is 8.68. The Balaban J connectivity index is 2.00. The average molecular weight is 310 g/mol. The van der Waals surface area contributed by atoms with E-state index in [9.17, 15) is 0 Å². The molecule has 1 aliphatic rings. The zero-order valence-electron chi connectivity index (χ0n) is 12.6. The van der Waals surface area contributed by atoms with Crippen molar-refractivity contribution in [3.8, 4) is 0 Å². The Morgan fingerprint density at radius 1 is 1.43 bits per heavy atom. The topological polar surface area (TPSA) is 70.6 Å². The molecule has 4 nitrogen and oxygen atoms in total. The number of amidine groups is 1. The lowest BCUT2D eigenvalue weighted by Gasteiger charge is -2.35. The highest BCUT2D eigenvalue weighted by atomic mass is 35.5. The van der Waals surface area contributed by atoms with Gasteiger partial charge in [-0.1, -0.05) is 55.6 Å². The van der Waals surface area contributed by atoms with Crippen molar-refractivity contribution in [3.05, 3.63) is 34.3 Å². The van der Waals surface area contributed by atoms with Crippen molar-refractivity contribution in [3.63, 3.8) is 0 Å². The maximum atomic E-state index is 8.68. The summed E-state index contributed by atoms with van der Waals surface area (Å²) in [7, 11) is 0. The molecule has 4 N–H and O–H groups in total. The SMILES string of the molecule is CC1CCCC(NCc2ccc(/C(N)=N/O)cc2Cl)C1C. The first-order valence-corrected chi connectivity index (χ1v) is 7.90. The van der Waals surface area contributed by atoms with Crippen molar-refractivity contribution >= 4 is 17.4 Å². The molecular weight excluding hydrogens is 286 g/mol. The molecular formula is C16H24ClN3O. The predicted molar refractivity (Wildman–Crippen MR) is 86.8 cm³/mol. The minimum absolute atomic E-state index is 0.0751. The second kappa shape index (κ2) is 7.14. The van der Waals surface area contributed by atoms with Crippen LogP contribution in [-0.4, -0.2) is 17.1 Å². The molecule has 0 bridgehead atoms. The van der Waals surface area contributed by atoms with Gasteiger partial charge in [-0.25, -0.2) is 0 Å². The van der Waals surface area contributed by atoms with E-state index in [0.717, 1.165) is 18.0 Å². The zero-order chi connectivity index (χ0) is 15.4. The summed E-state index contributed by atoms with van der Waals surface area (Å²) in [6, 6.07) is 6.04. The third kappa shape index (κ3) is 3.89. The molecule has 0 heterocycles. The molecule has 1 fully saturated rings. The van der Waals surface area contributed by atoms with Gasteiger partial charge in [-0.2, -0.15) is 0 Å². The van der Waals surface area contributed by atoms with E-state index in [2.05, 4.69) is 24.3 Å². The van der Waals surface area contributed by atoms with E-state index in [1.165, 1.54) is 19.3 Å². The summed E-state index contributed by atoms with van der Waals surface area (Å²) in [5.74, 6) is 1.54. The molecule has 5 heteroatoms. The molecule has 116 valence electrons. The average Bonchev–Trinajstić information content (AvgIpc) is 2.49. The van der Waals surface area contributed by atoms with Crippen molar-refractivity contribution in [2.45, 2.75) is 45.7 Å². The highest BCUT2D eigenvalue weighted by Gasteiger charge is 2.26. The van der Waals surface area contributed by atoms with Crippen LogP contribution in [0.5, 0.6) is 0 Å². The summed E-state index contributed by atoms with van der Waals surface area (Å²) in [5.41, 5.74) is 7.23. The van der Waals surface area contributed by atoms with Gasteiger partial charge in [0.25, 0.3) is 0 Å². The summed E-state index contributed by atoms with van der Waals surface area (Å²) in [6.45, 7) is 5.40. The van der Waals surface area contributed by atoms with Crippen LogP contribution in [0.2, 0.25) is 5.02 Å². The number of nitrogens with zero attached hydrogens (tertiary/aromatic N) is 1. The lowest BCUT2D eigenvalue weighted by molar-refractivity contribution is 0.206. The Bertz CT molecular complexity index is 518. The third-order valence-electron chi connectivity index (χ3n) is 4.72. The van der Waals surface area contributed by atoms with Gasteiger partial charge in [-0.05, 0) is 29.9 Å². The summed E-state index contributed by atoms with van der Waals surface area (Å²) >= 11 is 6.28. The van der Waals surface area contributed by atoms with Crippen LogP contribution in [0.1, 0.15) is 44.2 Å². The monoisotopic (exact) mass is 309 g/mol. The number of nitrogens with two attached hydrogens (primary N) is 1. The van der Waals surface area contributed by atoms with Gasteiger partial charge in [0, 0.05) is 23.2 Å². The molecule has 1 aromatic carbocycles. The van der Waals surface area contributed by atoms with Gasteiger partial charge in [-0.15, -0.1) is 0 Å². The van der Waals surface area contributed by atoms with E-state index in [1.807, 2.05) is 12.1 Å². The minimum atomic E-state index is 0.0751. The van der Waals surface area contributed by atoms with Crippen molar-refractivity contribution in [2.24, 2.45) is 22.7 Å². The molecule has 0 aliphatic heterocycles. The quantitative estimate of drug-likeness (QED) is 0.346. The van der Waals surface area contributed by atoms with Gasteiger partial charge in [-0.3, -0.25) is 0 Å². The smallest absolute Gasteiger partial charge is 0.170 e. The Hall–Kier alpha value is -1.26. The van der Waals surface area contributed by atoms with E-state index in [0.29, 0.717) is 22.5 Å². The Morgan fingerprint density at radius 2 is 2.19 bits per heavy atom. The van der Waals surface area contributed by atoms with Crippen molar-refractivity contribution in [1.29, 1.82) is 0 Å². The first kappa shape index (κ1) is 16.1. The molecule has 0 aromatic heterocycles. The van der Waals surface area contributed by atoms with Crippen molar-refractivity contribution in [2.75, 3.05) is 0 Å². The number of oxime groups is 1. The van der Waals surface area contributed by atoms with Crippen LogP contribution < -0.4 is 11.1 Å².